The highest BCUT2D eigenvalue weighted by Gasteiger charge is 1.65. The van der Waals surface area contributed by atoms with Gasteiger partial charge in [0.2, 0.25) is 0 Å². The predicted octanol–water partition coefficient (Wildman–Crippen LogP) is 0.727. The van der Waals surface area contributed by atoms with Crippen LogP contribution in [0.5, 0.6) is 0 Å². The molecular formula is C3H8O2. The van der Waals surface area contributed by atoms with Crippen molar-refractivity contribution in [2.24, 2.45) is 0 Å². The average molecular weight is 84.1 g/mol. The SMILES string of the molecule is CC(=O)O.[20CH4]. The number of hydrogen-bond donors (Lipinski definition) is 1. The van der Waals surface area contributed by atoms with Crippen LogP contribution in [0.4, 0.5) is 0 Å². The van der Waals surface area contributed by atoms with Crippen LogP contribution in [-0.2, 0) is 4.79 Å². The van der Waals surface area contributed by atoms with Crippen molar-refractivity contribution < 1.29 is 9.90 Å². The topological polar surface area (TPSA) is 37.3 Å². The summed E-state index contributed by atoms with van der Waals surface area (Å²) in [6, 6.07) is 0. The third-order valence-corrected chi connectivity index (χ3v) is 0. The Kier molecular flexibility index (Phi) is 6.12. The van der Waals surface area contributed by atoms with Gasteiger partial charge in [0, 0.05) is 6.92 Å². The summed E-state index contributed by atoms with van der Waals surface area (Å²) in [7, 11) is 0. The maximum absolute atomic E-state index is 9.00. The highest BCUT2D eigenvalue weighted by molar-refractivity contribution is 5.62. The molecule has 2 nitrogen and oxygen atoms in total. The van der Waals surface area contributed by atoms with Gasteiger partial charge >= 0.3 is 0 Å². The molecule has 0 unspecified atom stereocenters. The van der Waals surface area contributed by atoms with Crippen molar-refractivity contribution in [1.29, 1.82) is 0 Å². The number of hydrogen-bond acceptors (Lipinski definition) is 1. The molecule has 0 atom stereocenters. The van der Waals surface area contributed by atoms with Crippen LogP contribution in [0.1, 0.15) is 14.4 Å². The molecular weight excluding hydrogens is 76.1 g/mol. The lowest BCUT2D eigenvalue weighted by molar-refractivity contribution is -0.134. The normalized spacial score (nSPS) is 5.00. The van der Waals surface area contributed by atoms with E-state index in [9.17, 15) is 0 Å². The van der Waals surface area contributed by atoms with Gasteiger partial charge in [0.25, 0.3) is 5.97 Å². The van der Waals surface area contributed by atoms with Crippen LogP contribution >= 0.6 is 0 Å². The summed E-state index contributed by atoms with van der Waals surface area (Å²) in [6.07, 6.45) is 0. The minimum absolute atomic E-state index is 0. The lowest BCUT2D eigenvalue weighted by atomic mass is 10.9. The molecule has 0 radical (unpaired) electrons. The molecule has 0 amide bonds. The van der Waals surface area contributed by atoms with Crippen LogP contribution in [-0.4, -0.2) is 11.1 Å². The van der Waals surface area contributed by atoms with Crippen LogP contribution in [0.25, 0.3) is 0 Å². The van der Waals surface area contributed by atoms with Crippen LogP contribution in [0, 0.1) is 0 Å². The highest BCUT2D eigenvalue weighted by Crippen LogP contribution is 1.42. The lowest BCUT2D eigenvalue weighted by Gasteiger charge is -1.59. The van der Waals surface area contributed by atoms with Crippen molar-refractivity contribution in [1.82, 2.24) is 0 Å². The second-order valence-corrected chi connectivity index (χ2v) is 0.519. The monoisotopic (exact) mass is 84.1 g/mol. The van der Waals surface area contributed by atoms with Gasteiger partial charge in [-0.05, 0) is 0 Å². The van der Waals surface area contributed by atoms with E-state index >= 15 is 0 Å². The molecule has 0 fully saturated rings. The molecule has 0 saturated carbocycles. The van der Waals surface area contributed by atoms with E-state index in [0.29, 0.717) is 0 Å². The van der Waals surface area contributed by atoms with E-state index in [1.54, 1.807) is 0 Å². The molecule has 0 saturated heterocycles. The van der Waals surface area contributed by atoms with Gasteiger partial charge < -0.3 is 5.11 Å². The number of aliphatic carboxylic acids is 1. The molecule has 0 aliphatic rings. The Morgan fingerprint density at radius 3 is 1.80 bits per heavy atom. The molecule has 0 rings (SSSR count). The van der Waals surface area contributed by atoms with E-state index in [1.807, 2.05) is 0 Å². The Morgan fingerprint density at radius 2 is 1.80 bits per heavy atom. The third-order valence-electron chi connectivity index (χ3n) is 0. The summed E-state index contributed by atoms with van der Waals surface area (Å²) in [4.78, 5) is 9.00. The maximum atomic E-state index is 9.00. The Bertz CT molecular complexity index is 27.9. The zero-order chi connectivity index (χ0) is 3.58. The summed E-state index contributed by atoms with van der Waals surface area (Å²) in [5, 5.41) is 7.42. The zero-order valence-corrected chi connectivity index (χ0v) is 2.36. The fourth-order valence-corrected chi connectivity index (χ4v) is 0. The van der Waals surface area contributed by atoms with Gasteiger partial charge in [-0.1, -0.05) is 7.43 Å². The van der Waals surface area contributed by atoms with Crippen molar-refractivity contribution in [3.05, 3.63) is 0 Å². The fraction of sp³-hybridized carbons (Fsp3) is 0.667. The summed E-state index contributed by atoms with van der Waals surface area (Å²) in [6.45, 7) is 1.08. The van der Waals surface area contributed by atoms with Crippen molar-refractivity contribution in [2.75, 3.05) is 0 Å². The summed E-state index contributed by atoms with van der Waals surface area (Å²) in [5.41, 5.74) is 0. The number of rotatable bonds is 0. The van der Waals surface area contributed by atoms with E-state index in [2.05, 4.69) is 0 Å². The van der Waals surface area contributed by atoms with Gasteiger partial charge in [0.1, 0.15) is 0 Å². The molecule has 0 heterocycles. The fourth-order valence-electron chi connectivity index (χ4n) is 0. The minimum atomic E-state index is -0.833. The Balaban J connectivity index is 0. The van der Waals surface area contributed by atoms with Crippen molar-refractivity contribution in [2.45, 2.75) is 14.4 Å². The number of carboxylic acid groups (broad SMARTS) is 1. The molecule has 1 N–H and O–H groups in total. The first-order chi connectivity index (χ1) is 1.73. The zero-order valence-electron chi connectivity index (χ0n) is 2.36. The van der Waals surface area contributed by atoms with Crippen LogP contribution in [0.2, 0.25) is 0 Å². The minimum Gasteiger partial charge on any atom is -0.481 e. The van der Waals surface area contributed by atoms with Gasteiger partial charge in [0.05, 0.1) is 0 Å². The van der Waals surface area contributed by atoms with Crippen molar-refractivity contribution >= 4 is 5.97 Å². The quantitative estimate of drug-likeness (QED) is 0.469. The summed E-state index contributed by atoms with van der Waals surface area (Å²) in [5.74, 6) is -0.833. The van der Waals surface area contributed by atoms with E-state index in [-0.39, 0.29) is 7.43 Å². The summed E-state index contributed by atoms with van der Waals surface area (Å²) >= 11 is 0. The van der Waals surface area contributed by atoms with Crippen LogP contribution < -0.4 is 0 Å². The van der Waals surface area contributed by atoms with E-state index < -0.39 is 5.97 Å². The maximum Gasteiger partial charge on any atom is 0.300 e. The molecule has 0 aromatic carbocycles. The number of carbonyl (C=O) groups is 1. The number of carboxylic acids is 1. The molecule has 0 aliphatic carbocycles. The smallest absolute Gasteiger partial charge is 0.300 e. The summed E-state index contributed by atoms with van der Waals surface area (Å²) < 4.78 is 0. The Labute approximate surface area is 31.4 Å². The molecule has 0 aromatic rings. The molecule has 32 valence electrons. The first-order valence-corrected chi connectivity index (χ1v) is 0.928. The molecule has 0 spiro atoms. The van der Waals surface area contributed by atoms with Crippen molar-refractivity contribution in [3.63, 3.8) is 0 Å². The second-order valence-electron chi connectivity index (χ2n) is 0.519. The molecule has 0 aromatic heterocycles. The second kappa shape index (κ2) is 3.47. The average Bonchev–Trinajstić information content (AvgIpc) is 0.811. The highest BCUT2D eigenvalue weighted by atomic mass is 20.0. The predicted molar refractivity (Wildman–Crippen MR) is 20.0 cm³/mol. The van der Waals surface area contributed by atoms with Gasteiger partial charge in [-0.3, -0.25) is 4.79 Å². The van der Waals surface area contributed by atoms with Gasteiger partial charge in [-0.15, -0.1) is 0 Å². The third kappa shape index (κ3) is 26.7. The van der Waals surface area contributed by atoms with Crippen LogP contribution in [0.3, 0.4) is 0 Å². The van der Waals surface area contributed by atoms with Gasteiger partial charge in [-0.25, -0.2) is 0 Å². The van der Waals surface area contributed by atoms with E-state index in [1.165, 1.54) is 0 Å². The first kappa shape index (κ1) is 8.82. The Morgan fingerprint density at radius 1 is 1.80 bits per heavy atom. The molecule has 5 heavy (non-hydrogen) atoms. The van der Waals surface area contributed by atoms with E-state index in [4.69, 9.17) is 9.90 Å². The standard InChI is InChI=1S/C2H4O2.CH4/c1-2(3)4;/h1H3,(H,3,4);1H4/i;1+8. The lowest BCUT2D eigenvalue weighted by Crippen LogP contribution is -1.78. The largest absolute Gasteiger partial charge is 0.481 e. The van der Waals surface area contributed by atoms with Crippen LogP contribution in [0.15, 0.2) is 0 Å². The Hall–Kier alpha value is -0.530. The van der Waals surface area contributed by atoms with E-state index in [0.717, 1.165) is 6.92 Å². The molecule has 0 bridgehead atoms. The first-order valence-electron chi connectivity index (χ1n) is 0.928. The molecule has 2 heteroatoms. The van der Waals surface area contributed by atoms with Gasteiger partial charge in [0.15, 0.2) is 0 Å². The van der Waals surface area contributed by atoms with Gasteiger partial charge in [-0.2, -0.15) is 0 Å². The van der Waals surface area contributed by atoms with Crippen molar-refractivity contribution in [3.8, 4) is 0 Å². The molecule has 0 aliphatic heterocycles.